The number of nitro benzene ring substituents is 1. The van der Waals surface area contributed by atoms with Crippen LogP contribution in [0.1, 0.15) is 29.2 Å². The lowest BCUT2D eigenvalue weighted by Gasteiger charge is -2.04. The molecule has 0 bridgehead atoms. The second kappa shape index (κ2) is 5.87. The Morgan fingerprint density at radius 2 is 1.88 bits per heavy atom. The fourth-order valence-electron chi connectivity index (χ4n) is 2.82. The summed E-state index contributed by atoms with van der Waals surface area (Å²) in [6, 6.07) is 14.0. The second-order valence-electron chi connectivity index (χ2n) is 5.42. The number of allylic oxidation sites excluding steroid dienone is 3. The van der Waals surface area contributed by atoms with Gasteiger partial charge in [0.2, 0.25) is 0 Å². The molecule has 0 aromatic heterocycles. The van der Waals surface area contributed by atoms with Crippen LogP contribution in [-0.2, 0) is 0 Å². The van der Waals surface area contributed by atoms with Gasteiger partial charge in [-0.05, 0) is 53.5 Å². The van der Waals surface area contributed by atoms with Crippen LogP contribution in [0.25, 0.3) is 17.2 Å². The molecule has 3 rings (SSSR count). The van der Waals surface area contributed by atoms with Crippen LogP contribution in [0.15, 0.2) is 48.0 Å². The number of fused-ring (bicyclic) bond motifs is 1. The summed E-state index contributed by atoms with van der Waals surface area (Å²) < 4.78 is 0. The monoisotopic (exact) mass is 312 g/mol. The number of hydrogen-bond donors (Lipinski definition) is 0. The molecular weight excluding hydrogens is 300 g/mol. The summed E-state index contributed by atoms with van der Waals surface area (Å²) in [6.45, 7) is 1.91. The van der Waals surface area contributed by atoms with Crippen LogP contribution in [0.5, 0.6) is 0 Å². The number of terminal acetylenes is 1. The minimum atomic E-state index is -0.425. The van der Waals surface area contributed by atoms with Crippen molar-refractivity contribution in [3.63, 3.8) is 0 Å². The summed E-state index contributed by atoms with van der Waals surface area (Å²) in [6.07, 6.45) is 7.60. The minimum absolute atomic E-state index is 0.0222. The first-order chi connectivity index (χ1) is 11.5. The van der Waals surface area contributed by atoms with Gasteiger partial charge in [0.25, 0.3) is 5.69 Å². The molecule has 1 aliphatic rings. The summed E-state index contributed by atoms with van der Waals surface area (Å²) in [5.41, 5.74) is 5.68. The predicted octanol–water partition coefficient (Wildman–Crippen LogP) is 4.43. The summed E-state index contributed by atoms with van der Waals surface area (Å²) in [7, 11) is 0. The Bertz CT molecular complexity index is 997. The smallest absolute Gasteiger partial charge is 0.258 e. The van der Waals surface area contributed by atoms with Crippen molar-refractivity contribution < 1.29 is 4.92 Å². The van der Waals surface area contributed by atoms with Crippen LogP contribution in [0.3, 0.4) is 0 Å². The first-order valence-corrected chi connectivity index (χ1v) is 7.24. The average molecular weight is 312 g/mol. The largest absolute Gasteiger partial charge is 0.270 e. The maximum atomic E-state index is 11.0. The van der Waals surface area contributed by atoms with Crippen LogP contribution < -0.4 is 0 Å². The molecule has 114 valence electrons. The molecule has 0 unspecified atom stereocenters. The molecule has 0 radical (unpaired) electrons. The maximum Gasteiger partial charge on any atom is 0.270 e. The molecule has 0 fully saturated rings. The first-order valence-electron chi connectivity index (χ1n) is 7.24. The standard InChI is InChI=1S/C20H12N2O2/c1-3-17-13(2)19(10-14-4-6-15(12-21)7-5-14)18-9-8-16(22(23)24)11-20(17)18/h1,4-11H,2H3. The Balaban J connectivity index is 2.15. The van der Waals surface area contributed by atoms with E-state index in [0.29, 0.717) is 16.7 Å². The Kier molecular flexibility index (Phi) is 3.74. The van der Waals surface area contributed by atoms with Gasteiger partial charge in [-0.15, -0.1) is 6.42 Å². The van der Waals surface area contributed by atoms with E-state index in [2.05, 4.69) is 12.0 Å². The van der Waals surface area contributed by atoms with Crippen LogP contribution in [0.2, 0.25) is 0 Å². The van der Waals surface area contributed by atoms with E-state index >= 15 is 0 Å². The van der Waals surface area contributed by atoms with Crippen molar-refractivity contribution in [2.45, 2.75) is 6.92 Å². The van der Waals surface area contributed by atoms with Gasteiger partial charge in [-0.1, -0.05) is 18.1 Å². The van der Waals surface area contributed by atoms with E-state index < -0.39 is 4.92 Å². The molecule has 0 N–H and O–H groups in total. The molecule has 2 aromatic carbocycles. The van der Waals surface area contributed by atoms with E-state index in [1.165, 1.54) is 12.1 Å². The van der Waals surface area contributed by atoms with Crippen molar-refractivity contribution in [1.82, 2.24) is 0 Å². The molecule has 0 amide bonds. The molecule has 4 heteroatoms. The Labute approximate surface area is 139 Å². The van der Waals surface area contributed by atoms with Gasteiger partial charge in [0, 0.05) is 23.3 Å². The molecule has 0 atom stereocenters. The second-order valence-corrected chi connectivity index (χ2v) is 5.42. The number of rotatable bonds is 2. The van der Waals surface area contributed by atoms with E-state index in [1.807, 2.05) is 25.1 Å². The van der Waals surface area contributed by atoms with E-state index in [1.54, 1.807) is 18.2 Å². The van der Waals surface area contributed by atoms with Gasteiger partial charge >= 0.3 is 0 Å². The molecule has 0 saturated heterocycles. The zero-order valence-electron chi connectivity index (χ0n) is 12.9. The number of hydrogen-bond acceptors (Lipinski definition) is 3. The SMILES string of the molecule is C#CC1=C(C)C(=Cc2ccc(C#N)cc2)c2ccc([N+](=O)[O-])cc21. The quantitative estimate of drug-likeness (QED) is 0.468. The zero-order valence-corrected chi connectivity index (χ0v) is 12.9. The number of nitrogens with zero attached hydrogens (tertiary/aromatic N) is 2. The molecule has 24 heavy (non-hydrogen) atoms. The predicted molar refractivity (Wildman–Crippen MR) is 93.6 cm³/mol. The fraction of sp³-hybridized carbons (Fsp3) is 0.0500. The van der Waals surface area contributed by atoms with Gasteiger partial charge in [0.05, 0.1) is 16.6 Å². The highest BCUT2D eigenvalue weighted by Gasteiger charge is 2.24. The van der Waals surface area contributed by atoms with E-state index in [0.717, 1.165) is 22.3 Å². The Morgan fingerprint density at radius 3 is 2.46 bits per heavy atom. The number of benzene rings is 2. The van der Waals surface area contributed by atoms with Crippen LogP contribution in [-0.4, -0.2) is 4.92 Å². The van der Waals surface area contributed by atoms with Crippen molar-refractivity contribution in [2.24, 2.45) is 0 Å². The van der Waals surface area contributed by atoms with Crippen molar-refractivity contribution >= 4 is 22.9 Å². The molecule has 0 aliphatic heterocycles. The zero-order chi connectivity index (χ0) is 17.3. The Hall–Kier alpha value is -3.63. The van der Waals surface area contributed by atoms with E-state index in [-0.39, 0.29) is 5.69 Å². The summed E-state index contributed by atoms with van der Waals surface area (Å²) in [5, 5.41) is 19.9. The lowest BCUT2D eigenvalue weighted by molar-refractivity contribution is -0.384. The number of nitro groups is 1. The summed E-state index contributed by atoms with van der Waals surface area (Å²) in [5.74, 6) is 2.64. The molecular formula is C20H12N2O2. The number of non-ortho nitro benzene ring substituents is 1. The fourth-order valence-corrected chi connectivity index (χ4v) is 2.82. The summed E-state index contributed by atoms with van der Waals surface area (Å²) >= 11 is 0. The van der Waals surface area contributed by atoms with Crippen molar-refractivity contribution in [3.05, 3.63) is 80.4 Å². The molecule has 1 aliphatic carbocycles. The minimum Gasteiger partial charge on any atom is -0.258 e. The van der Waals surface area contributed by atoms with Crippen molar-refractivity contribution in [3.8, 4) is 18.4 Å². The normalized spacial score (nSPS) is 14.2. The summed E-state index contributed by atoms with van der Waals surface area (Å²) in [4.78, 5) is 10.6. The van der Waals surface area contributed by atoms with Gasteiger partial charge in [0.1, 0.15) is 0 Å². The van der Waals surface area contributed by atoms with Gasteiger partial charge in [0.15, 0.2) is 0 Å². The van der Waals surface area contributed by atoms with Gasteiger partial charge in [-0.3, -0.25) is 10.1 Å². The molecule has 4 nitrogen and oxygen atoms in total. The Morgan fingerprint density at radius 1 is 1.17 bits per heavy atom. The average Bonchev–Trinajstić information content (AvgIpc) is 2.86. The molecule has 2 aromatic rings. The van der Waals surface area contributed by atoms with Gasteiger partial charge in [-0.2, -0.15) is 5.26 Å². The highest BCUT2D eigenvalue weighted by Crippen LogP contribution is 2.43. The lowest BCUT2D eigenvalue weighted by Crippen LogP contribution is -1.91. The first kappa shape index (κ1) is 15.3. The highest BCUT2D eigenvalue weighted by atomic mass is 16.6. The number of nitriles is 1. The maximum absolute atomic E-state index is 11.0. The van der Waals surface area contributed by atoms with Crippen LogP contribution >= 0.6 is 0 Å². The lowest BCUT2D eigenvalue weighted by atomic mass is 10.00. The van der Waals surface area contributed by atoms with Gasteiger partial charge < -0.3 is 0 Å². The topological polar surface area (TPSA) is 66.9 Å². The molecule has 0 saturated carbocycles. The van der Waals surface area contributed by atoms with Crippen molar-refractivity contribution in [1.29, 1.82) is 5.26 Å². The van der Waals surface area contributed by atoms with Crippen LogP contribution in [0.4, 0.5) is 5.69 Å². The highest BCUT2D eigenvalue weighted by molar-refractivity contribution is 6.08. The van der Waals surface area contributed by atoms with Crippen molar-refractivity contribution in [2.75, 3.05) is 0 Å². The van der Waals surface area contributed by atoms with E-state index in [4.69, 9.17) is 11.7 Å². The third kappa shape index (κ3) is 2.47. The third-order valence-corrected chi connectivity index (χ3v) is 4.05. The molecule has 0 heterocycles. The van der Waals surface area contributed by atoms with Gasteiger partial charge in [-0.25, -0.2) is 0 Å². The molecule has 0 spiro atoms. The third-order valence-electron chi connectivity index (χ3n) is 4.05. The van der Waals surface area contributed by atoms with Crippen LogP contribution in [0, 0.1) is 33.8 Å². The van der Waals surface area contributed by atoms with E-state index in [9.17, 15) is 10.1 Å².